The summed E-state index contributed by atoms with van der Waals surface area (Å²) >= 11 is 0. The van der Waals surface area contributed by atoms with E-state index in [1.54, 1.807) is 19.4 Å². The number of nitrogens with zero attached hydrogens (tertiary/aromatic N) is 6. The Bertz CT molecular complexity index is 952. The SMILES string of the molecule is Cc1ccc(C(Cc2ncc(C3=NN=NC3)cn2)CN(C)S(C)(=O)=O)cc1. The van der Waals surface area contributed by atoms with Crippen molar-refractivity contribution in [1.29, 1.82) is 0 Å². The third-order valence-electron chi connectivity index (χ3n) is 4.51. The highest BCUT2D eigenvalue weighted by atomic mass is 32.2. The van der Waals surface area contributed by atoms with Crippen molar-refractivity contribution in [3.05, 3.63) is 59.2 Å². The normalized spacial score (nSPS) is 15.2. The molecule has 0 saturated carbocycles. The second-order valence-electron chi connectivity index (χ2n) is 6.68. The van der Waals surface area contributed by atoms with Gasteiger partial charge in [0.25, 0.3) is 0 Å². The molecule has 3 rings (SSSR count). The predicted octanol–water partition coefficient (Wildman–Crippen LogP) is 2.17. The Kier molecular flexibility index (Phi) is 5.71. The Morgan fingerprint density at radius 3 is 2.37 bits per heavy atom. The predicted molar refractivity (Wildman–Crippen MR) is 103 cm³/mol. The monoisotopic (exact) mass is 386 g/mol. The molecule has 142 valence electrons. The van der Waals surface area contributed by atoms with Crippen molar-refractivity contribution in [2.24, 2.45) is 15.4 Å². The molecule has 27 heavy (non-hydrogen) atoms. The first-order chi connectivity index (χ1) is 12.8. The van der Waals surface area contributed by atoms with Crippen LogP contribution in [-0.2, 0) is 16.4 Å². The maximum atomic E-state index is 11.9. The Hall–Kier alpha value is -2.52. The molecule has 0 fully saturated rings. The number of sulfonamides is 1. The van der Waals surface area contributed by atoms with Gasteiger partial charge in [-0.3, -0.25) is 0 Å². The molecule has 1 aromatic heterocycles. The molecule has 8 nitrogen and oxygen atoms in total. The van der Waals surface area contributed by atoms with Gasteiger partial charge in [-0.25, -0.2) is 22.7 Å². The van der Waals surface area contributed by atoms with Crippen molar-refractivity contribution in [2.75, 3.05) is 26.4 Å². The third-order valence-corrected chi connectivity index (χ3v) is 5.79. The average Bonchev–Trinajstić information content (AvgIpc) is 3.16. The molecule has 2 heterocycles. The fraction of sp³-hybridized carbons (Fsp3) is 0.389. The van der Waals surface area contributed by atoms with Crippen LogP contribution in [0.4, 0.5) is 0 Å². The van der Waals surface area contributed by atoms with Gasteiger partial charge in [-0.05, 0) is 17.7 Å². The first-order valence-electron chi connectivity index (χ1n) is 8.55. The molecule has 1 aliphatic heterocycles. The van der Waals surface area contributed by atoms with Gasteiger partial charge in [-0.15, -0.1) is 5.10 Å². The molecule has 1 aromatic carbocycles. The lowest BCUT2D eigenvalue weighted by Gasteiger charge is -2.22. The lowest BCUT2D eigenvalue weighted by atomic mass is 9.94. The van der Waals surface area contributed by atoms with Crippen LogP contribution in [0.1, 0.15) is 28.4 Å². The minimum absolute atomic E-state index is 0.0509. The number of likely N-dealkylation sites (N-methyl/N-ethyl adjacent to an activating group) is 1. The van der Waals surface area contributed by atoms with Crippen LogP contribution in [0.15, 0.2) is 52.1 Å². The van der Waals surface area contributed by atoms with Gasteiger partial charge in [0.05, 0.1) is 12.0 Å². The van der Waals surface area contributed by atoms with Crippen LogP contribution >= 0.6 is 0 Å². The quantitative estimate of drug-likeness (QED) is 0.728. The lowest BCUT2D eigenvalue weighted by molar-refractivity contribution is 0.435. The van der Waals surface area contributed by atoms with Gasteiger partial charge in [0.15, 0.2) is 0 Å². The van der Waals surface area contributed by atoms with Crippen LogP contribution in [0, 0.1) is 6.92 Å². The molecule has 2 aromatic rings. The Morgan fingerprint density at radius 2 is 1.81 bits per heavy atom. The second-order valence-corrected chi connectivity index (χ2v) is 8.77. The van der Waals surface area contributed by atoms with E-state index in [2.05, 4.69) is 25.4 Å². The number of rotatable bonds is 7. The summed E-state index contributed by atoms with van der Waals surface area (Å²) < 4.78 is 25.1. The van der Waals surface area contributed by atoms with Gasteiger partial charge in [-0.1, -0.05) is 29.8 Å². The zero-order valence-electron chi connectivity index (χ0n) is 15.6. The fourth-order valence-electron chi connectivity index (χ4n) is 2.77. The van der Waals surface area contributed by atoms with E-state index in [0.717, 1.165) is 22.4 Å². The molecule has 1 atom stereocenters. The van der Waals surface area contributed by atoms with E-state index in [9.17, 15) is 8.42 Å². The zero-order chi connectivity index (χ0) is 19.4. The first kappa shape index (κ1) is 19.2. The molecule has 0 radical (unpaired) electrons. The summed E-state index contributed by atoms with van der Waals surface area (Å²) in [5, 5.41) is 11.4. The van der Waals surface area contributed by atoms with Crippen LogP contribution in [0.2, 0.25) is 0 Å². The molecular weight excluding hydrogens is 364 g/mol. The van der Waals surface area contributed by atoms with Crippen molar-refractivity contribution in [3.63, 3.8) is 0 Å². The van der Waals surface area contributed by atoms with Crippen molar-refractivity contribution >= 4 is 15.7 Å². The number of hydrogen-bond donors (Lipinski definition) is 0. The van der Waals surface area contributed by atoms with E-state index in [1.807, 2.05) is 31.2 Å². The first-order valence-corrected chi connectivity index (χ1v) is 10.4. The topological polar surface area (TPSA) is 100 Å². The molecule has 1 aliphatic rings. The van der Waals surface area contributed by atoms with Crippen molar-refractivity contribution in [1.82, 2.24) is 14.3 Å². The molecule has 9 heteroatoms. The van der Waals surface area contributed by atoms with Gasteiger partial charge >= 0.3 is 0 Å². The highest BCUT2D eigenvalue weighted by Gasteiger charge is 2.21. The van der Waals surface area contributed by atoms with Gasteiger partial charge in [0, 0.05) is 43.9 Å². The Balaban J connectivity index is 1.81. The van der Waals surface area contributed by atoms with Gasteiger partial charge in [0.1, 0.15) is 12.4 Å². The summed E-state index contributed by atoms with van der Waals surface area (Å²) in [5.41, 5.74) is 3.75. The fourth-order valence-corrected chi connectivity index (χ4v) is 3.22. The maximum absolute atomic E-state index is 11.9. The van der Waals surface area contributed by atoms with Crippen LogP contribution < -0.4 is 0 Å². The lowest BCUT2D eigenvalue weighted by Crippen LogP contribution is -2.31. The molecular formula is C18H22N6O2S. The third kappa shape index (κ3) is 5.01. The van der Waals surface area contributed by atoms with Crippen molar-refractivity contribution < 1.29 is 8.42 Å². The average molecular weight is 386 g/mol. The summed E-state index contributed by atoms with van der Waals surface area (Å²) in [4.78, 5) is 8.86. The highest BCUT2D eigenvalue weighted by molar-refractivity contribution is 7.88. The van der Waals surface area contributed by atoms with Gasteiger partial charge in [-0.2, -0.15) is 5.11 Å². The van der Waals surface area contributed by atoms with Crippen molar-refractivity contribution in [3.8, 4) is 0 Å². The van der Waals surface area contributed by atoms with E-state index in [4.69, 9.17) is 0 Å². The highest BCUT2D eigenvalue weighted by Crippen LogP contribution is 2.22. The smallest absolute Gasteiger partial charge is 0.210 e. The largest absolute Gasteiger partial charge is 0.241 e. The van der Waals surface area contributed by atoms with Crippen molar-refractivity contribution in [2.45, 2.75) is 19.3 Å². The van der Waals surface area contributed by atoms with E-state index in [0.29, 0.717) is 25.3 Å². The number of aryl methyl sites for hydroxylation is 1. The molecule has 0 N–H and O–H groups in total. The molecule has 0 aliphatic carbocycles. The van der Waals surface area contributed by atoms with E-state index in [1.165, 1.54) is 10.6 Å². The summed E-state index contributed by atoms with van der Waals surface area (Å²) in [6.07, 6.45) is 5.17. The van der Waals surface area contributed by atoms with Crippen LogP contribution in [0.5, 0.6) is 0 Å². The van der Waals surface area contributed by atoms with Crippen LogP contribution in [0.25, 0.3) is 0 Å². The number of benzene rings is 1. The van der Waals surface area contributed by atoms with Crippen LogP contribution in [0.3, 0.4) is 0 Å². The van der Waals surface area contributed by atoms with Crippen LogP contribution in [-0.4, -0.2) is 54.8 Å². The number of aromatic nitrogens is 2. The van der Waals surface area contributed by atoms with Gasteiger partial charge in [0.2, 0.25) is 10.0 Å². The Labute approximate surface area is 159 Å². The molecule has 0 amide bonds. The number of hydrogen-bond acceptors (Lipinski definition) is 7. The summed E-state index contributed by atoms with van der Waals surface area (Å²) in [7, 11) is -1.68. The van der Waals surface area contributed by atoms with Gasteiger partial charge < -0.3 is 0 Å². The standard InChI is InChI=1S/C18H22N6O2S/c1-13-4-6-14(7-5-13)15(12-24(2)27(3,25)26)8-18-19-9-16(10-20-18)17-11-21-23-22-17/h4-7,9-10,15H,8,11-12H2,1-3H3. The van der Waals surface area contributed by atoms with E-state index < -0.39 is 10.0 Å². The summed E-state index contributed by atoms with van der Waals surface area (Å²) in [6.45, 7) is 2.82. The van der Waals surface area contributed by atoms with E-state index >= 15 is 0 Å². The minimum atomic E-state index is -3.27. The molecule has 1 unspecified atom stereocenters. The maximum Gasteiger partial charge on any atom is 0.210 e. The molecule has 0 saturated heterocycles. The zero-order valence-corrected chi connectivity index (χ0v) is 16.4. The van der Waals surface area contributed by atoms with E-state index in [-0.39, 0.29) is 5.92 Å². The molecule has 0 bridgehead atoms. The summed E-state index contributed by atoms with van der Waals surface area (Å²) in [6, 6.07) is 8.11. The minimum Gasteiger partial charge on any atom is -0.241 e. The summed E-state index contributed by atoms with van der Waals surface area (Å²) in [5.74, 6) is 0.601. The molecule has 0 spiro atoms. The Morgan fingerprint density at radius 1 is 1.15 bits per heavy atom. The second kappa shape index (κ2) is 8.01.